The van der Waals surface area contributed by atoms with Crippen molar-refractivity contribution in [3.05, 3.63) is 56.7 Å². The molecule has 0 saturated carbocycles. The van der Waals surface area contributed by atoms with Gasteiger partial charge in [-0.3, -0.25) is 19.3 Å². The summed E-state index contributed by atoms with van der Waals surface area (Å²) >= 11 is 0. The fourth-order valence-electron chi connectivity index (χ4n) is 1.65. The van der Waals surface area contributed by atoms with Gasteiger partial charge in [-0.1, -0.05) is 6.07 Å². The van der Waals surface area contributed by atoms with Crippen LogP contribution in [-0.4, -0.2) is 19.6 Å². The average Bonchev–Trinajstić information content (AvgIpc) is 2.37. The highest BCUT2D eigenvalue weighted by Gasteiger charge is 2.19. The molecule has 18 heavy (non-hydrogen) atoms. The van der Waals surface area contributed by atoms with Crippen LogP contribution in [-0.2, 0) is 0 Å². The Morgan fingerprint density at radius 2 is 2.22 bits per heavy atom. The van der Waals surface area contributed by atoms with Gasteiger partial charge < -0.3 is 5.11 Å². The van der Waals surface area contributed by atoms with Crippen molar-refractivity contribution in [3.8, 4) is 5.88 Å². The number of H-pyrrole nitrogens is 1. The third-order valence-electron chi connectivity index (χ3n) is 2.62. The first-order valence-electron chi connectivity index (χ1n) is 5.15. The van der Waals surface area contributed by atoms with Crippen molar-refractivity contribution in [1.82, 2.24) is 14.5 Å². The molecule has 0 aliphatic rings. The largest absolute Gasteiger partial charge is 0.492 e. The predicted molar refractivity (Wildman–Crippen MR) is 61.0 cm³/mol. The number of rotatable bonds is 2. The first-order chi connectivity index (χ1) is 8.52. The molecule has 2 aromatic heterocycles. The summed E-state index contributed by atoms with van der Waals surface area (Å²) in [6.07, 6.45) is 3.03. The van der Waals surface area contributed by atoms with Crippen molar-refractivity contribution >= 4 is 0 Å². The Morgan fingerprint density at radius 3 is 2.83 bits per heavy atom. The van der Waals surface area contributed by atoms with Gasteiger partial charge in [0, 0.05) is 12.4 Å². The molecule has 6 nitrogen and oxygen atoms in total. The van der Waals surface area contributed by atoms with E-state index in [0.717, 1.165) is 4.57 Å². The minimum absolute atomic E-state index is 0.598. The number of aromatic nitrogens is 3. The molecule has 7 heteroatoms. The quantitative estimate of drug-likeness (QED) is 0.808. The molecule has 0 fully saturated rings. The molecule has 0 radical (unpaired) electrons. The van der Waals surface area contributed by atoms with E-state index < -0.39 is 29.0 Å². The first-order valence-corrected chi connectivity index (χ1v) is 5.15. The number of aromatic hydroxyl groups is 1. The number of hydrogen-bond acceptors (Lipinski definition) is 4. The number of nitrogens with zero attached hydrogens (tertiary/aromatic N) is 2. The van der Waals surface area contributed by atoms with Crippen LogP contribution in [0.1, 0.15) is 18.5 Å². The molecule has 2 N–H and O–H groups in total. The molecule has 0 aliphatic carbocycles. The molecule has 2 heterocycles. The summed E-state index contributed by atoms with van der Waals surface area (Å²) < 4.78 is 14.0. The molecule has 0 amide bonds. The second-order valence-corrected chi connectivity index (χ2v) is 3.73. The van der Waals surface area contributed by atoms with E-state index in [-0.39, 0.29) is 0 Å². The second kappa shape index (κ2) is 4.44. The minimum Gasteiger partial charge on any atom is -0.492 e. The van der Waals surface area contributed by atoms with Gasteiger partial charge in [0.05, 0.1) is 6.04 Å². The number of hydrogen-bond donors (Lipinski definition) is 2. The lowest BCUT2D eigenvalue weighted by Gasteiger charge is -2.16. The number of halogens is 1. The minimum atomic E-state index is -1.38. The number of nitrogens with one attached hydrogen (secondary N) is 1. The summed E-state index contributed by atoms with van der Waals surface area (Å²) in [4.78, 5) is 28.2. The second-order valence-electron chi connectivity index (χ2n) is 3.73. The van der Waals surface area contributed by atoms with Gasteiger partial charge in [0.1, 0.15) is 0 Å². The fourth-order valence-corrected chi connectivity index (χ4v) is 1.65. The van der Waals surface area contributed by atoms with Gasteiger partial charge in [0.2, 0.25) is 11.7 Å². The Hall–Kier alpha value is -2.44. The zero-order valence-corrected chi connectivity index (χ0v) is 9.42. The first kappa shape index (κ1) is 12.0. The van der Waals surface area contributed by atoms with E-state index in [0.29, 0.717) is 5.56 Å². The molecule has 94 valence electrons. The Kier molecular flexibility index (Phi) is 2.97. The molecule has 0 aliphatic heterocycles. The lowest BCUT2D eigenvalue weighted by atomic mass is 10.1. The topological polar surface area (TPSA) is 88.0 Å². The maximum atomic E-state index is 13.3. The number of pyridine rings is 1. The van der Waals surface area contributed by atoms with E-state index >= 15 is 0 Å². The third kappa shape index (κ3) is 1.90. The maximum Gasteiger partial charge on any atom is 0.331 e. The van der Waals surface area contributed by atoms with E-state index in [1.807, 2.05) is 0 Å². The van der Waals surface area contributed by atoms with Crippen molar-refractivity contribution in [3.63, 3.8) is 0 Å². The van der Waals surface area contributed by atoms with Gasteiger partial charge in [0.25, 0.3) is 5.56 Å². The van der Waals surface area contributed by atoms with Gasteiger partial charge in [-0.15, -0.1) is 0 Å². The lowest BCUT2D eigenvalue weighted by Crippen LogP contribution is -2.33. The highest BCUT2D eigenvalue weighted by Crippen LogP contribution is 2.20. The van der Waals surface area contributed by atoms with Crippen LogP contribution in [0, 0.1) is 5.82 Å². The van der Waals surface area contributed by atoms with Crippen LogP contribution in [0.25, 0.3) is 0 Å². The summed E-state index contributed by atoms with van der Waals surface area (Å²) in [5.74, 6) is -2.37. The third-order valence-corrected chi connectivity index (χ3v) is 2.62. The van der Waals surface area contributed by atoms with Crippen LogP contribution < -0.4 is 11.2 Å². The Labute approximate surface area is 100 Å². The van der Waals surface area contributed by atoms with Crippen molar-refractivity contribution in [1.29, 1.82) is 0 Å². The molecule has 0 spiro atoms. The maximum absolute atomic E-state index is 13.3. The summed E-state index contributed by atoms with van der Waals surface area (Å²) in [6.45, 7) is 1.58. The number of aromatic amines is 1. The van der Waals surface area contributed by atoms with Gasteiger partial charge in [-0.2, -0.15) is 4.39 Å². The van der Waals surface area contributed by atoms with Crippen molar-refractivity contribution in [2.75, 3.05) is 0 Å². The molecule has 0 bridgehead atoms. The SMILES string of the molecule is CC(c1cccnc1)n1c(O)c(F)c(=O)[nH]c1=O. The summed E-state index contributed by atoms with van der Waals surface area (Å²) in [5.41, 5.74) is -1.52. The molecular formula is C11H10FN3O3. The van der Waals surface area contributed by atoms with Crippen LogP contribution >= 0.6 is 0 Å². The lowest BCUT2D eigenvalue weighted by molar-refractivity contribution is 0.351. The molecular weight excluding hydrogens is 241 g/mol. The van der Waals surface area contributed by atoms with Gasteiger partial charge in [0.15, 0.2) is 0 Å². The standard InChI is InChI=1S/C11H10FN3O3/c1-6(7-3-2-4-13-5-7)15-10(17)8(12)9(16)14-11(15)18/h2-6,17H,1H3,(H,14,16,18). The highest BCUT2D eigenvalue weighted by atomic mass is 19.1. The van der Waals surface area contributed by atoms with E-state index in [4.69, 9.17) is 0 Å². The zero-order chi connectivity index (χ0) is 13.3. The van der Waals surface area contributed by atoms with Crippen LogP contribution in [0.5, 0.6) is 5.88 Å². The van der Waals surface area contributed by atoms with Gasteiger partial charge in [-0.05, 0) is 18.6 Å². The normalized spacial score (nSPS) is 12.3. The Bertz CT molecular complexity index is 678. The van der Waals surface area contributed by atoms with Crippen molar-refractivity contribution in [2.45, 2.75) is 13.0 Å². The van der Waals surface area contributed by atoms with Crippen LogP contribution in [0.4, 0.5) is 4.39 Å². The van der Waals surface area contributed by atoms with Crippen LogP contribution in [0.15, 0.2) is 34.1 Å². The van der Waals surface area contributed by atoms with E-state index in [1.54, 1.807) is 30.2 Å². The molecule has 2 aromatic rings. The summed E-state index contributed by atoms with van der Waals surface area (Å²) in [7, 11) is 0. The molecule has 2 rings (SSSR count). The smallest absolute Gasteiger partial charge is 0.331 e. The van der Waals surface area contributed by atoms with Gasteiger partial charge >= 0.3 is 5.69 Å². The zero-order valence-electron chi connectivity index (χ0n) is 9.42. The monoisotopic (exact) mass is 251 g/mol. The molecule has 0 aromatic carbocycles. The van der Waals surface area contributed by atoms with Crippen molar-refractivity contribution in [2.24, 2.45) is 0 Å². The summed E-state index contributed by atoms with van der Waals surface area (Å²) in [5, 5.41) is 9.54. The average molecular weight is 251 g/mol. The van der Waals surface area contributed by atoms with E-state index in [2.05, 4.69) is 4.98 Å². The van der Waals surface area contributed by atoms with E-state index in [1.165, 1.54) is 6.20 Å². The van der Waals surface area contributed by atoms with Gasteiger partial charge in [-0.25, -0.2) is 4.79 Å². The van der Waals surface area contributed by atoms with Crippen LogP contribution in [0.2, 0.25) is 0 Å². The van der Waals surface area contributed by atoms with Crippen LogP contribution in [0.3, 0.4) is 0 Å². The molecule has 0 saturated heterocycles. The van der Waals surface area contributed by atoms with E-state index in [9.17, 15) is 19.1 Å². The predicted octanol–water partition coefficient (Wildman–Crippen LogP) is 0.386. The molecule has 1 unspecified atom stereocenters. The fraction of sp³-hybridized carbons (Fsp3) is 0.182. The van der Waals surface area contributed by atoms with Crippen molar-refractivity contribution < 1.29 is 9.50 Å². The Morgan fingerprint density at radius 1 is 1.50 bits per heavy atom. The summed E-state index contributed by atoms with van der Waals surface area (Å²) in [6, 6.07) is 2.67. The molecule has 1 atom stereocenters. The highest BCUT2D eigenvalue weighted by molar-refractivity contribution is 5.19. The Balaban J connectivity index is 2.63.